The summed E-state index contributed by atoms with van der Waals surface area (Å²) in [6.45, 7) is 4.01. The number of carbonyl (C=O) groups is 2. The Hall–Kier alpha value is -0.940. The molecule has 0 spiro atoms. The molecule has 0 aliphatic heterocycles. The molecule has 0 amide bonds. The molecule has 100 valence electrons. The number of nitrogens with two attached hydrogens (primary N) is 2. The molecular weight excluding hydrogens is 220 g/mol. The lowest BCUT2D eigenvalue weighted by Gasteiger charge is -2.12. The van der Waals surface area contributed by atoms with E-state index in [-0.39, 0.29) is 0 Å². The minimum absolute atomic E-state index is 0.535. The summed E-state index contributed by atoms with van der Waals surface area (Å²) in [6.07, 6.45) is 4.65. The van der Waals surface area contributed by atoms with Crippen molar-refractivity contribution in [3.05, 3.63) is 0 Å². The molecule has 0 aromatic heterocycles. The van der Waals surface area contributed by atoms with Gasteiger partial charge in [-0.2, -0.15) is 0 Å². The van der Waals surface area contributed by atoms with Crippen LogP contribution in [0.1, 0.15) is 52.4 Å². The summed E-state index contributed by atoms with van der Waals surface area (Å²) in [6, 6.07) is -1.45. The predicted molar refractivity (Wildman–Crippen MR) is 66.1 cm³/mol. The zero-order chi connectivity index (χ0) is 13.3. The Balaban J connectivity index is 3.97. The molecule has 5 nitrogen and oxygen atoms in total. The summed E-state index contributed by atoms with van der Waals surface area (Å²) in [5, 5.41) is 0. The Morgan fingerprint density at radius 3 is 1.59 bits per heavy atom. The van der Waals surface area contributed by atoms with Crippen LogP contribution >= 0.6 is 0 Å². The van der Waals surface area contributed by atoms with Gasteiger partial charge in [0.1, 0.15) is 12.1 Å². The van der Waals surface area contributed by atoms with E-state index in [0.29, 0.717) is 12.8 Å². The molecular formula is C12H24N2O3. The molecule has 0 heterocycles. The van der Waals surface area contributed by atoms with Gasteiger partial charge < -0.3 is 16.2 Å². The molecule has 0 fully saturated rings. The molecule has 0 rings (SSSR count). The summed E-state index contributed by atoms with van der Waals surface area (Å²) in [7, 11) is 0. The Morgan fingerprint density at radius 1 is 0.941 bits per heavy atom. The molecule has 1 unspecified atom stereocenters. The van der Waals surface area contributed by atoms with E-state index in [1.165, 1.54) is 0 Å². The zero-order valence-electron chi connectivity index (χ0n) is 10.8. The minimum atomic E-state index is -0.725. The maximum absolute atomic E-state index is 11.4. The number of unbranched alkanes of at least 4 members (excludes halogenated alkanes) is 2. The Morgan fingerprint density at radius 2 is 1.29 bits per heavy atom. The van der Waals surface area contributed by atoms with Gasteiger partial charge in [0.15, 0.2) is 0 Å². The van der Waals surface area contributed by atoms with Crippen molar-refractivity contribution in [3.8, 4) is 0 Å². The van der Waals surface area contributed by atoms with Crippen LogP contribution in [0.3, 0.4) is 0 Å². The van der Waals surface area contributed by atoms with Crippen molar-refractivity contribution in [2.75, 3.05) is 0 Å². The fourth-order valence-corrected chi connectivity index (χ4v) is 1.33. The van der Waals surface area contributed by atoms with E-state index in [1.807, 2.05) is 13.8 Å². The number of hydrogen-bond acceptors (Lipinski definition) is 5. The van der Waals surface area contributed by atoms with Crippen LogP contribution in [0.25, 0.3) is 0 Å². The molecule has 0 bridgehead atoms. The van der Waals surface area contributed by atoms with Gasteiger partial charge in [-0.1, -0.05) is 39.5 Å². The third-order valence-corrected chi connectivity index (χ3v) is 2.54. The van der Waals surface area contributed by atoms with Gasteiger partial charge >= 0.3 is 11.9 Å². The van der Waals surface area contributed by atoms with E-state index in [0.717, 1.165) is 25.7 Å². The molecule has 0 saturated carbocycles. The molecule has 4 N–H and O–H groups in total. The van der Waals surface area contributed by atoms with E-state index in [1.54, 1.807) is 0 Å². The third kappa shape index (κ3) is 7.07. The largest absolute Gasteiger partial charge is 0.391 e. The Labute approximate surface area is 103 Å². The lowest BCUT2D eigenvalue weighted by molar-refractivity contribution is -0.161. The highest BCUT2D eigenvalue weighted by molar-refractivity contribution is 5.90. The SMILES string of the molecule is CCCCC(N)C(=O)OC(=O)[C@H](N)CCCC. The van der Waals surface area contributed by atoms with E-state index in [2.05, 4.69) is 4.74 Å². The fourth-order valence-electron chi connectivity index (χ4n) is 1.33. The highest BCUT2D eigenvalue weighted by Gasteiger charge is 2.22. The highest BCUT2D eigenvalue weighted by Crippen LogP contribution is 2.03. The summed E-state index contributed by atoms with van der Waals surface area (Å²) in [5.41, 5.74) is 11.2. The van der Waals surface area contributed by atoms with Crippen molar-refractivity contribution in [2.24, 2.45) is 11.5 Å². The number of rotatable bonds is 8. The lowest BCUT2D eigenvalue weighted by Crippen LogP contribution is -2.39. The second-order valence-corrected chi connectivity index (χ2v) is 4.24. The van der Waals surface area contributed by atoms with Crippen LogP contribution in [0.5, 0.6) is 0 Å². The average molecular weight is 244 g/mol. The van der Waals surface area contributed by atoms with Crippen LogP contribution in [0.4, 0.5) is 0 Å². The molecule has 2 atom stereocenters. The first-order chi connectivity index (χ1) is 8.02. The summed E-state index contributed by atoms with van der Waals surface area (Å²) in [4.78, 5) is 22.8. The smallest absolute Gasteiger partial charge is 0.330 e. The number of carbonyl (C=O) groups excluding carboxylic acids is 2. The second-order valence-electron chi connectivity index (χ2n) is 4.24. The molecule has 5 heteroatoms. The van der Waals surface area contributed by atoms with Gasteiger partial charge in [0, 0.05) is 0 Å². The van der Waals surface area contributed by atoms with E-state index >= 15 is 0 Å². The van der Waals surface area contributed by atoms with Crippen molar-refractivity contribution in [3.63, 3.8) is 0 Å². The standard InChI is InChI=1S/C12H24N2O3/c1-3-5-7-9(13)11(15)17-12(16)10(14)8-6-4-2/h9-10H,3-8,13-14H2,1-2H3/t9-,10?/m1/s1. The van der Waals surface area contributed by atoms with Gasteiger partial charge in [-0.25, -0.2) is 9.59 Å². The maximum Gasteiger partial charge on any atom is 0.330 e. The van der Waals surface area contributed by atoms with Crippen LogP contribution < -0.4 is 11.5 Å². The summed E-state index contributed by atoms with van der Waals surface area (Å²) >= 11 is 0. The Kier molecular flexibility index (Phi) is 8.62. The van der Waals surface area contributed by atoms with Crippen molar-refractivity contribution in [1.29, 1.82) is 0 Å². The fraction of sp³-hybridized carbons (Fsp3) is 0.833. The Bertz CT molecular complexity index is 220. The molecule has 17 heavy (non-hydrogen) atoms. The van der Waals surface area contributed by atoms with Gasteiger partial charge in [0.2, 0.25) is 0 Å². The third-order valence-electron chi connectivity index (χ3n) is 2.54. The number of hydrogen-bond donors (Lipinski definition) is 2. The van der Waals surface area contributed by atoms with Crippen LogP contribution in [0, 0.1) is 0 Å². The topological polar surface area (TPSA) is 95.4 Å². The van der Waals surface area contributed by atoms with Crippen LogP contribution in [0.15, 0.2) is 0 Å². The molecule has 0 aliphatic carbocycles. The van der Waals surface area contributed by atoms with E-state index < -0.39 is 24.0 Å². The molecule has 0 aliphatic rings. The van der Waals surface area contributed by atoms with Crippen LogP contribution in [0.2, 0.25) is 0 Å². The molecule has 0 aromatic rings. The van der Waals surface area contributed by atoms with Gasteiger partial charge in [0.05, 0.1) is 0 Å². The van der Waals surface area contributed by atoms with Gasteiger partial charge in [-0.15, -0.1) is 0 Å². The quantitative estimate of drug-likeness (QED) is 0.492. The first kappa shape index (κ1) is 16.1. The summed E-state index contributed by atoms with van der Waals surface area (Å²) < 4.78 is 4.64. The van der Waals surface area contributed by atoms with Gasteiger partial charge in [-0.05, 0) is 12.8 Å². The minimum Gasteiger partial charge on any atom is -0.391 e. The number of esters is 2. The first-order valence-electron chi connectivity index (χ1n) is 6.29. The van der Waals surface area contributed by atoms with E-state index in [9.17, 15) is 9.59 Å². The maximum atomic E-state index is 11.4. The number of ether oxygens (including phenoxy) is 1. The van der Waals surface area contributed by atoms with Crippen molar-refractivity contribution < 1.29 is 14.3 Å². The van der Waals surface area contributed by atoms with Crippen molar-refractivity contribution in [2.45, 2.75) is 64.5 Å². The normalized spacial score (nSPS) is 14.1. The van der Waals surface area contributed by atoms with E-state index in [4.69, 9.17) is 11.5 Å². The highest BCUT2D eigenvalue weighted by atomic mass is 16.6. The molecule has 0 aromatic carbocycles. The van der Waals surface area contributed by atoms with Crippen molar-refractivity contribution >= 4 is 11.9 Å². The predicted octanol–water partition coefficient (Wildman–Crippen LogP) is 1.09. The van der Waals surface area contributed by atoms with Gasteiger partial charge in [0.25, 0.3) is 0 Å². The average Bonchev–Trinajstić information content (AvgIpc) is 2.32. The summed E-state index contributed by atoms with van der Waals surface area (Å²) in [5.74, 6) is -1.34. The molecule has 0 radical (unpaired) electrons. The zero-order valence-corrected chi connectivity index (χ0v) is 10.8. The molecule has 0 saturated heterocycles. The second kappa shape index (κ2) is 9.13. The van der Waals surface area contributed by atoms with Gasteiger partial charge in [-0.3, -0.25) is 0 Å². The first-order valence-corrected chi connectivity index (χ1v) is 6.29. The van der Waals surface area contributed by atoms with Crippen LogP contribution in [-0.4, -0.2) is 24.0 Å². The van der Waals surface area contributed by atoms with Crippen molar-refractivity contribution in [1.82, 2.24) is 0 Å². The monoisotopic (exact) mass is 244 g/mol. The van der Waals surface area contributed by atoms with Crippen LogP contribution in [-0.2, 0) is 14.3 Å². The lowest BCUT2D eigenvalue weighted by atomic mass is 10.1.